The van der Waals surface area contributed by atoms with Crippen molar-refractivity contribution in [1.29, 1.82) is 0 Å². The number of likely N-dealkylation sites (N-methyl/N-ethyl adjacent to an activating group) is 1. The molecule has 21 heavy (non-hydrogen) atoms. The SMILES string of the molecule is CN(C[C@H]1COCCO1)C(=O)Cc1c[nH]c(=O)n(C)c1=O. The molecule has 8 heteroatoms. The molecule has 2 heterocycles. The van der Waals surface area contributed by atoms with Crippen molar-refractivity contribution in [2.45, 2.75) is 12.5 Å². The highest BCUT2D eigenvalue weighted by Gasteiger charge is 2.20. The van der Waals surface area contributed by atoms with Crippen LogP contribution in [-0.2, 0) is 27.7 Å². The number of H-pyrrole nitrogens is 1. The van der Waals surface area contributed by atoms with Crippen molar-refractivity contribution in [3.05, 3.63) is 32.6 Å². The summed E-state index contributed by atoms with van der Waals surface area (Å²) >= 11 is 0. The Morgan fingerprint density at radius 3 is 2.90 bits per heavy atom. The van der Waals surface area contributed by atoms with Gasteiger partial charge in [-0.3, -0.25) is 14.2 Å². The number of hydrogen-bond acceptors (Lipinski definition) is 5. The Balaban J connectivity index is 1.99. The minimum absolute atomic E-state index is 0.0620. The van der Waals surface area contributed by atoms with Gasteiger partial charge in [0.1, 0.15) is 0 Å². The Morgan fingerprint density at radius 2 is 2.24 bits per heavy atom. The molecule has 1 fully saturated rings. The number of aromatic nitrogens is 2. The quantitative estimate of drug-likeness (QED) is 0.729. The van der Waals surface area contributed by atoms with E-state index < -0.39 is 11.2 Å². The lowest BCUT2D eigenvalue weighted by Gasteiger charge is -2.27. The standard InChI is InChI=1S/C13H19N3O5/c1-15(7-10-8-20-3-4-21-10)11(17)5-9-6-14-13(19)16(2)12(9)18/h6,10H,3-5,7-8H2,1-2H3,(H,14,19)/t10-/m0/s1. The lowest BCUT2D eigenvalue weighted by Crippen LogP contribution is -2.42. The number of hydrogen-bond donors (Lipinski definition) is 1. The number of carbonyl (C=O) groups is 1. The summed E-state index contributed by atoms with van der Waals surface area (Å²) in [7, 11) is 3.02. The lowest BCUT2D eigenvalue weighted by atomic mass is 10.2. The summed E-state index contributed by atoms with van der Waals surface area (Å²) in [5, 5.41) is 0. The summed E-state index contributed by atoms with van der Waals surface area (Å²) in [6, 6.07) is 0. The third-order valence-corrected chi connectivity index (χ3v) is 3.38. The van der Waals surface area contributed by atoms with Crippen LogP contribution in [0.15, 0.2) is 15.8 Å². The lowest BCUT2D eigenvalue weighted by molar-refractivity contribution is -0.135. The number of carbonyl (C=O) groups excluding carboxylic acids is 1. The molecule has 1 N–H and O–H groups in total. The zero-order valence-corrected chi connectivity index (χ0v) is 12.1. The Hall–Kier alpha value is -1.93. The van der Waals surface area contributed by atoms with Crippen molar-refractivity contribution >= 4 is 5.91 Å². The molecule has 0 spiro atoms. The molecule has 1 aliphatic heterocycles. The van der Waals surface area contributed by atoms with Crippen LogP contribution in [0.2, 0.25) is 0 Å². The first-order valence-electron chi connectivity index (χ1n) is 6.70. The maximum absolute atomic E-state index is 12.1. The molecule has 0 aromatic carbocycles. The van der Waals surface area contributed by atoms with Crippen LogP contribution in [0.3, 0.4) is 0 Å². The van der Waals surface area contributed by atoms with Gasteiger partial charge in [-0.25, -0.2) is 4.79 Å². The first-order chi connectivity index (χ1) is 9.99. The highest BCUT2D eigenvalue weighted by Crippen LogP contribution is 2.04. The predicted octanol–water partition coefficient (Wildman–Crippen LogP) is -1.51. The summed E-state index contributed by atoms with van der Waals surface area (Å²) < 4.78 is 11.7. The van der Waals surface area contributed by atoms with Gasteiger partial charge in [0.25, 0.3) is 5.56 Å². The third-order valence-electron chi connectivity index (χ3n) is 3.38. The molecule has 8 nitrogen and oxygen atoms in total. The van der Waals surface area contributed by atoms with Crippen LogP contribution in [-0.4, -0.2) is 59.9 Å². The Labute approximate surface area is 121 Å². The molecule has 0 radical (unpaired) electrons. The first-order valence-corrected chi connectivity index (χ1v) is 6.70. The van der Waals surface area contributed by atoms with E-state index in [-0.39, 0.29) is 24.0 Å². The van der Waals surface area contributed by atoms with Crippen molar-refractivity contribution < 1.29 is 14.3 Å². The molecule has 0 saturated carbocycles. The van der Waals surface area contributed by atoms with Crippen molar-refractivity contribution in [3.8, 4) is 0 Å². The van der Waals surface area contributed by atoms with Crippen molar-refractivity contribution in [2.24, 2.45) is 7.05 Å². The van der Waals surface area contributed by atoms with E-state index in [1.54, 1.807) is 7.05 Å². The number of aromatic amines is 1. The zero-order valence-electron chi connectivity index (χ0n) is 12.1. The van der Waals surface area contributed by atoms with Crippen molar-refractivity contribution in [3.63, 3.8) is 0 Å². The topological polar surface area (TPSA) is 93.6 Å². The van der Waals surface area contributed by atoms with E-state index >= 15 is 0 Å². The molecule has 116 valence electrons. The van der Waals surface area contributed by atoms with E-state index in [1.807, 2.05) is 0 Å². The summed E-state index contributed by atoms with van der Waals surface area (Å²) in [6.07, 6.45) is 1.08. The maximum atomic E-state index is 12.1. The van der Waals surface area contributed by atoms with Gasteiger partial charge < -0.3 is 19.4 Å². The third kappa shape index (κ3) is 3.79. The van der Waals surface area contributed by atoms with E-state index in [0.717, 1.165) is 4.57 Å². The van der Waals surface area contributed by atoms with Gasteiger partial charge in [0.15, 0.2) is 0 Å². The average Bonchev–Trinajstić information content (AvgIpc) is 2.48. The molecule has 2 rings (SSSR count). The van der Waals surface area contributed by atoms with Gasteiger partial charge in [-0.15, -0.1) is 0 Å². The Morgan fingerprint density at radius 1 is 1.48 bits per heavy atom. The van der Waals surface area contributed by atoms with E-state index in [9.17, 15) is 14.4 Å². The van der Waals surface area contributed by atoms with Crippen LogP contribution >= 0.6 is 0 Å². The molecule has 1 aromatic heterocycles. The maximum Gasteiger partial charge on any atom is 0.328 e. The minimum atomic E-state index is -0.502. The van der Waals surface area contributed by atoms with Crippen molar-refractivity contribution in [1.82, 2.24) is 14.5 Å². The molecular formula is C13H19N3O5. The van der Waals surface area contributed by atoms with E-state index in [1.165, 1.54) is 18.1 Å². The monoisotopic (exact) mass is 297 g/mol. The highest BCUT2D eigenvalue weighted by atomic mass is 16.6. The average molecular weight is 297 g/mol. The molecule has 1 atom stereocenters. The Bertz CT molecular complexity index is 615. The summed E-state index contributed by atoms with van der Waals surface area (Å²) in [4.78, 5) is 39.2. The smallest absolute Gasteiger partial charge is 0.328 e. The van der Waals surface area contributed by atoms with Crippen LogP contribution in [0.25, 0.3) is 0 Å². The fourth-order valence-corrected chi connectivity index (χ4v) is 2.09. The second kappa shape index (κ2) is 6.68. The summed E-state index contributed by atoms with van der Waals surface area (Å²) in [6.45, 7) is 1.95. The molecule has 1 aromatic rings. The second-order valence-corrected chi connectivity index (χ2v) is 5.00. The van der Waals surface area contributed by atoms with Gasteiger partial charge in [0.05, 0.1) is 32.3 Å². The number of nitrogens with zero attached hydrogens (tertiary/aromatic N) is 2. The van der Waals surface area contributed by atoms with Crippen LogP contribution < -0.4 is 11.2 Å². The summed E-state index contributed by atoms with van der Waals surface area (Å²) in [5.74, 6) is -0.215. The predicted molar refractivity (Wildman–Crippen MR) is 74.2 cm³/mol. The van der Waals surface area contributed by atoms with Gasteiger partial charge in [-0.2, -0.15) is 0 Å². The number of nitrogens with one attached hydrogen (secondary N) is 1. The van der Waals surface area contributed by atoms with Crippen LogP contribution in [0.1, 0.15) is 5.56 Å². The molecule has 0 aliphatic carbocycles. The molecule has 1 aliphatic rings. The number of amides is 1. The van der Waals surface area contributed by atoms with Crippen LogP contribution in [0.5, 0.6) is 0 Å². The summed E-state index contributed by atoms with van der Waals surface area (Å²) in [5.41, 5.74) is -0.704. The van der Waals surface area contributed by atoms with E-state index in [4.69, 9.17) is 9.47 Å². The first kappa shape index (κ1) is 15.5. The molecule has 1 saturated heterocycles. The fraction of sp³-hybridized carbons (Fsp3) is 0.615. The van der Waals surface area contributed by atoms with Crippen LogP contribution in [0, 0.1) is 0 Å². The Kier molecular flexibility index (Phi) is 4.92. The van der Waals surface area contributed by atoms with Gasteiger partial charge in [-0.1, -0.05) is 0 Å². The van der Waals surface area contributed by atoms with Crippen molar-refractivity contribution in [2.75, 3.05) is 33.4 Å². The van der Waals surface area contributed by atoms with E-state index in [0.29, 0.717) is 26.4 Å². The largest absolute Gasteiger partial charge is 0.376 e. The molecule has 0 unspecified atom stereocenters. The highest BCUT2D eigenvalue weighted by molar-refractivity contribution is 5.78. The van der Waals surface area contributed by atoms with Crippen LogP contribution in [0.4, 0.5) is 0 Å². The van der Waals surface area contributed by atoms with Gasteiger partial charge in [-0.05, 0) is 0 Å². The minimum Gasteiger partial charge on any atom is -0.376 e. The normalized spacial score (nSPS) is 18.5. The van der Waals surface area contributed by atoms with E-state index in [2.05, 4.69) is 4.98 Å². The number of ether oxygens (including phenoxy) is 2. The molecular weight excluding hydrogens is 278 g/mol. The van der Waals surface area contributed by atoms with Gasteiger partial charge in [0.2, 0.25) is 5.91 Å². The fourth-order valence-electron chi connectivity index (χ4n) is 2.09. The zero-order chi connectivity index (χ0) is 15.4. The second-order valence-electron chi connectivity index (χ2n) is 5.00. The molecule has 0 bridgehead atoms. The van der Waals surface area contributed by atoms with Gasteiger partial charge >= 0.3 is 5.69 Å². The van der Waals surface area contributed by atoms with Gasteiger partial charge in [0, 0.05) is 32.4 Å². The molecule has 1 amide bonds. The number of rotatable bonds is 4.